The van der Waals surface area contributed by atoms with E-state index < -0.39 is 5.97 Å². The summed E-state index contributed by atoms with van der Waals surface area (Å²) in [5.41, 5.74) is 0. The summed E-state index contributed by atoms with van der Waals surface area (Å²) >= 11 is 0. The Morgan fingerprint density at radius 1 is 1.80 bits per heavy atom. The maximum absolute atomic E-state index is 10.7. The highest BCUT2D eigenvalue weighted by molar-refractivity contribution is 5.84. The number of carbonyl (C=O) groups is 1. The SMILES string of the molecule is COC(=O)c1ncnn1C. The van der Waals surface area contributed by atoms with E-state index in [4.69, 9.17) is 0 Å². The van der Waals surface area contributed by atoms with Crippen LogP contribution in [0.4, 0.5) is 0 Å². The minimum atomic E-state index is -0.472. The van der Waals surface area contributed by atoms with Crippen molar-refractivity contribution in [1.29, 1.82) is 0 Å². The van der Waals surface area contributed by atoms with Gasteiger partial charge in [0.2, 0.25) is 5.82 Å². The summed E-state index contributed by atoms with van der Waals surface area (Å²) in [4.78, 5) is 14.4. The smallest absolute Gasteiger partial charge is 0.375 e. The molecular formula is C5H7N3O2. The van der Waals surface area contributed by atoms with Crippen LogP contribution in [0.3, 0.4) is 0 Å². The predicted molar refractivity (Wildman–Crippen MR) is 32.3 cm³/mol. The van der Waals surface area contributed by atoms with E-state index in [2.05, 4.69) is 14.8 Å². The number of hydrogen-bond acceptors (Lipinski definition) is 4. The number of hydrogen-bond donors (Lipinski definition) is 0. The molecule has 5 heteroatoms. The van der Waals surface area contributed by atoms with Gasteiger partial charge in [-0.2, -0.15) is 5.10 Å². The molecule has 1 aromatic heterocycles. The molecule has 0 aliphatic carbocycles. The standard InChI is InChI=1S/C5H7N3O2/c1-8-4(5(9)10-2)6-3-7-8/h3H,1-2H3. The number of esters is 1. The number of carbonyl (C=O) groups excluding carboxylic acids is 1. The average molecular weight is 141 g/mol. The lowest BCUT2D eigenvalue weighted by Gasteiger charge is -1.94. The Balaban J connectivity index is 2.93. The van der Waals surface area contributed by atoms with Gasteiger partial charge in [0.05, 0.1) is 7.11 Å². The van der Waals surface area contributed by atoms with Crippen LogP contribution in [-0.2, 0) is 11.8 Å². The molecule has 1 heterocycles. The van der Waals surface area contributed by atoms with Crippen LogP contribution in [0, 0.1) is 0 Å². The molecular weight excluding hydrogens is 134 g/mol. The summed E-state index contributed by atoms with van der Waals surface area (Å²) < 4.78 is 5.77. The molecule has 0 unspecified atom stereocenters. The van der Waals surface area contributed by atoms with Crippen molar-refractivity contribution in [3.63, 3.8) is 0 Å². The molecule has 0 aliphatic rings. The van der Waals surface area contributed by atoms with E-state index in [0.717, 1.165) is 0 Å². The van der Waals surface area contributed by atoms with Gasteiger partial charge in [0, 0.05) is 7.05 Å². The third-order valence-corrected chi connectivity index (χ3v) is 1.08. The van der Waals surface area contributed by atoms with Crippen molar-refractivity contribution in [3.05, 3.63) is 12.2 Å². The molecule has 0 saturated heterocycles. The summed E-state index contributed by atoms with van der Waals surface area (Å²) in [5.74, 6) is -0.262. The molecule has 0 aromatic carbocycles. The summed E-state index contributed by atoms with van der Waals surface area (Å²) in [6.45, 7) is 0. The van der Waals surface area contributed by atoms with Gasteiger partial charge in [-0.25, -0.2) is 14.5 Å². The summed E-state index contributed by atoms with van der Waals surface area (Å²) in [6.07, 6.45) is 1.30. The van der Waals surface area contributed by atoms with Crippen molar-refractivity contribution >= 4 is 5.97 Å². The molecule has 10 heavy (non-hydrogen) atoms. The predicted octanol–water partition coefficient (Wildman–Crippen LogP) is -0.398. The van der Waals surface area contributed by atoms with Gasteiger partial charge >= 0.3 is 5.97 Å². The highest BCUT2D eigenvalue weighted by atomic mass is 16.5. The molecule has 0 spiro atoms. The van der Waals surface area contributed by atoms with Gasteiger partial charge in [-0.15, -0.1) is 0 Å². The molecule has 1 aromatic rings. The molecule has 0 fully saturated rings. The van der Waals surface area contributed by atoms with Crippen LogP contribution in [0.15, 0.2) is 6.33 Å². The number of aromatic nitrogens is 3. The van der Waals surface area contributed by atoms with Crippen LogP contribution >= 0.6 is 0 Å². The molecule has 54 valence electrons. The van der Waals surface area contributed by atoms with Gasteiger partial charge in [0.1, 0.15) is 6.33 Å². The fourth-order valence-electron chi connectivity index (χ4n) is 0.572. The van der Waals surface area contributed by atoms with Gasteiger partial charge in [0.15, 0.2) is 0 Å². The van der Waals surface area contributed by atoms with Crippen LogP contribution in [0.5, 0.6) is 0 Å². The van der Waals surface area contributed by atoms with Crippen molar-refractivity contribution in [2.75, 3.05) is 7.11 Å². The Kier molecular flexibility index (Phi) is 1.66. The van der Waals surface area contributed by atoms with E-state index >= 15 is 0 Å². The normalized spacial score (nSPS) is 9.40. The second-order valence-corrected chi connectivity index (χ2v) is 1.70. The first-order chi connectivity index (χ1) is 4.75. The van der Waals surface area contributed by atoms with E-state index in [1.54, 1.807) is 7.05 Å². The second-order valence-electron chi connectivity index (χ2n) is 1.70. The van der Waals surface area contributed by atoms with E-state index in [-0.39, 0.29) is 5.82 Å². The largest absolute Gasteiger partial charge is 0.463 e. The Labute approximate surface area is 57.6 Å². The molecule has 5 nitrogen and oxygen atoms in total. The lowest BCUT2D eigenvalue weighted by Crippen LogP contribution is -2.09. The zero-order valence-electron chi connectivity index (χ0n) is 5.74. The fourth-order valence-corrected chi connectivity index (χ4v) is 0.572. The summed E-state index contributed by atoms with van der Waals surface area (Å²) in [7, 11) is 2.93. The Hall–Kier alpha value is -1.39. The van der Waals surface area contributed by atoms with Gasteiger partial charge in [-0.05, 0) is 0 Å². The van der Waals surface area contributed by atoms with E-state index in [1.807, 2.05) is 0 Å². The number of methoxy groups -OCH3 is 1. The number of rotatable bonds is 1. The molecule has 0 N–H and O–H groups in total. The van der Waals surface area contributed by atoms with Gasteiger partial charge < -0.3 is 4.74 Å². The highest BCUT2D eigenvalue weighted by Gasteiger charge is 2.10. The molecule has 0 amide bonds. The average Bonchev–Trinajstić information content (AvgIpc) is 2.34. The van der Waals surface area contributed by atoms with E-state index in [0.29, 0.717) is 0 Å². The topological polar surface area (TPSA) is 57.0 Å². The number of aryl methyl sites for hydroxylation is 1. The van der Waals surface area contributed by atoms with E-state index in [9.17, 15) is 4.79 Å². The minimum Gasteiger partial charge on any atom is -0.463 e. The molecule has 0 bridgehead atoms. The van der Waals surface area contributed by atoms with Crippen LogP contribution in [0.2, 0.25) is 0 Å². The highest BCUT2D eigenvalue weighted by Crippen LogP contribution is 1.91. The third kappa shape index (κ3) is 0.975. The van der Waals surface area contributed by atoms with Crippen LogP contribution in [-0.4, -0.2) is 27.8 Å². The lowest BCUT2D eigenvalue weighted by atomic mass is 10.6. The zero-order valence-corrected chi connectivity index (χ0v) is 5.74. The molecule has 1 rings (SSSR count). The zero-order chi connectivity index (χ0) is 7.56. The van der Waals surface area contributed by atoms with Gasteiger partial charge in [0.25, 0.3) is 0 Å². The fraction of sp³-hybridized carbons (Fsp3) is 0.400. The summed E-state index contributed by atoms with van der Waals surface area (Å²) in [5, 5.41) is 3.69. The maximum atomic E-state index is 10.7. The summed E-state index contributed by atoms with van der Waals surface area (Å²) in [6, 6.07) is 0. The van der Waals surface area contributed by atoms with Gasteiger partial charge in [-0.1, -0.05) is 0 Å². The Morgan fingerprint density at radius 2 is 2.50 bits per heavy atom. The molecule has 0 aliphatic heterocycles. The van der Waals surface area contributed by atoms with E-state index in [1.165, 1.54) is 18.1 Å². The van der Waals surface area contributed by atoms with Crippen molar-refractivity contribution < 1.29 is 9.53 Å². The quantitative estimate of drug-likeness (QED) is 0.499. The minimum absolute atomic E-state index is 0.211. The van der Waals surface area contributed by atoms with Crippen molar-refractivity contribution in [2.24, 2.45) is 7.05 Å². The van der Waals surface area contributed by atoms with Crippen LogP contribution in [0.25, 0.3) is 0 Å². The second kappa shape index (κ2) is 2.47. The number of ether oxygens (including phenoxy) is 1. The van der Waals surface area contributed by atoms with Crippen LogP contribution < -0.4 is 0 Å². The van der Waals surface area contributed by atoms with Crippen molar-refractivity contribution in [1.82, 2.24) is 14.8 Å². The monoisotopic (exact) mass is 141 g/mol. The van der Waals surface area contributed by atoms with Crippen LogP contribution in [0.1, 0.15) is 10.6 Å². The number of nitrogens with zero attached hydrogens (tertiary/aromatic N) is 3. The lowest BCUT2D eigenvalue weighted by molar-refractivity contribution is 0.0581. The third-order valence-electron chi connectivity index (χ3n) is 1.08. The Morgan fingerprint density at radius 3 is 2.90 bits per heavy atom. The molecule has 0 saturated carbocycles. The van der Waals surface area contributed by atoms with Gasteiger partial charge in [-0.3, -0.25) is 0 Å². The van der Waals surface area contributed by atoms with Crippen molar-refractivity contribution in [3.8, 4) is 0 Å². The Bertz CT molecular complexity index is 243. The maximum Gasteiger partial charge on any atom is 0.375 e. The molecule has 0 atom stereocenters. The first-order valence-corrected chi connectivity index (χ1v) is 2.68. The first-order valence-electron chi connectivity index (χ1n) is 2.68. The molecule has 0 radical (unpaired) electrons. The first kappa shape index (κ1) is 6.73. The van der Waals surface area contributed by atoms with Crippen molar-refractivity contribution in [2.45, 2.75) is 0 Å².